The standard InChI is InChI=1S/C10H13FN2O3/c1-7(6-12-2)16-9-5-3-4-8(11)10(9)13(14)15/h3-5,7,12H,6H2,1-2H3. The Kier molecular flexibility index (Phi) is 4.19. The van der Waals surface area contributed by atoms with Gasteiger partial charge in [0.05, 0.1) is 4.92 Å². The summed E-state index contributed by atoms with van der Waals surface area (Å²) in [6.45, 7) is 2.26. The number of hydrogen-bond acceptors (Lipinski definition) is 4. The molecular weight excluding hydrogens is 215 g/mol. The minimum atomic E-state index is -0.890. The van der Waals surface area contributed by atoms with Gasteiger partial charge in [-0.05, 0) is 26.1 Å². The van der Waals surface area contributed by atoms with E-state index in [-0.39, 0.29) is 11.9 Å². The number of hydrogen-bond donors (Lipinski definition) is 1. The molecule has 5 nitrogen and oxygen atoms in total. The molecule has 0 aliphatic carbocycles. The molecule has 0 radical (unpaired) electrons. The molecule has 0 amide bonds. The maximum absolute atomic E-state index is 13.2. The van der Waals surface area contributed by atoms with E-state index in [1.807, 2.05) is 0 Å². The Morgan fingerprint density at radius 1 is 1.62 bits per heavy atom. The number of nitro benzene ring substituents is 1. The summed E-state index contributed by atoms with van der Waals surface area (Å²) in [5.41, 5.74) is -0.620. The molecule has 0 bridgehead atoms. The summed E-state index contributed by atoms with van der Waals surface area (Å²) in [5.74, 6) is -0.938. The van der Waals surface area contributed by atoms with Crippen molar-refractivity contribution in [1.82, 2.24) is 5.32 Å². The number of ether oxygens (including phenoxy) is 1. The zero-order valence-corrected chi connectivity index (χ0v) is 9.07. The third kappa shape index (κ3) is 2.90. The van der Waals surface area contributed by atoms with Gasteiger partial charge >= 0.3 is 5.69 Å². The third-order valence-electron chi connectivity index (χ3n) is 1.95. The van der Waals surface area contributed by atoms with Crippen molar-refractivity contribution in [2.45, 2.75) is 13.0 Å². The normalized spacial score (nSPS) is 12.2. The van der Waals surface area contributed by atoms with Crippen molar-refractivity contribution < 1.29 is 14.1 Å². The van der Waals surface area contributed by atoms with Crippen LogP contribution in [0.15, 0.2) is 18.2 Å². The van der Waals surface area contributed by atoms with Gasteiger partial charge in [-0.1, -0.05) is 6.07 Å². The molecule has 1 rings (SSSR count). The van der Waals surface area contributed by atoms with Gasteiger partial charge in [-0.2, -0.15) is 4.39 Å². The van der Waals surface area contributed by atoms with Crippen molar-refractivity contribution >= 4 is 5.69 Å². The van der Waals surface area contributed by atoms with Crippen LogP contribution >= 0.6 is 0 Å². The first kappa shape index (κ1) is 12.4. The van der Waals surface area contributed by atoms with E-state index in [2.05, 4.69) is 5.32 Å². The summed E-state index contributed by atoms with van der Waals surface area (Å²) in [6.07, 6.45) is -0.273. The molecule has 1 atom stereocenters. The number of halogens is 1. The molecule has 16 heavy (non-hydrogen) atoms. The van der Waals surface area contributed by atoms with E-state index >= 15 is 0 Å². The zero-order valence-electron chi connectivity index (χ0n) is 9.07. The molecule has 0 heterocycles. The smallest absolute Gasteiger partial charge is 0.346 e. The SMILES string of the molecule is CNCC(C)Oc1cccc(F)c1[N+](=O)[O-]. The Hall–Kier alpha value is -1.69. The van der Waals surface area contributed by atoms with Crippen LogP contribution < -0.4 is 10.1 Å². The number of benzene rings is 1. The summed E-state index contributed by atoms with van der Waals surface area (Å²) < 4.78 is 18.5. The minimum Gasteiger partial charge on any atom is -0.482 e. The van der Waals surface area contributed by atoms with Crippen molar-refractivity contribution in [3.05, 3.63) is 34.1 Å². The van der Waals surface area contributed by atoms with Crippen LogP contribution in [0.3, 0.4) is 0 Å². The van der Waals surface area contributed by atoms with Crippen LogP contribution in [0.25, 0.3) is 0 Å². The van der Waals surface area contributed by atoms with E-state index in [0.717, 1.165) is 6.07 Å². The number of nitrogens with zero attached hydrogens (tertiary/aromatic N) is 1. The highest BCUT2D eigenvalue weighted by atomic mass is 19.1. The molecule has 0 saturated carbocycles. The quantitative estimate of drug-likeness (QED) is 0.615. The van der Waals surface area contributed by atoms with Gasteiger partial charge < -0.3 is 10.1 Å². The van der Waals surface area contributed by atoms with Crippen molar-refractivity contribution in [3.8, 4) is 5.75 Å². The molecule has 0 aliphatic rings. The molecule has 1 N–H and O–H groups in total. The Balaban J connectivity index is 2.95. The molecule has 1 aromatic rings. The van der Waals surface area contributed by atoms with E-state index in [0.29, 0.717) is 6.54 Å². The Labute approximate surface area is 92.4 Å². The predicted octanol–water partition coefficient (Wildman–Crippen LogP) is 1.72. The number of para-hydroxylation sites is 1. The number of nitrogens with one attached hydrogen (secondary N) is 1. The first-order valence-electron chi connectivity index (χ1n) is 4.80. The van der Waals surface area contributed by atoms with E-state index in [1.54, 1.807) is 14.0 Å². The monoisotopic (exact) mass is 228 g/mol. The molecule has 1 unspecified atom stereocenters. The van der Waals surface area contributed by atoms with E-state index < -0.39 is 16.4 Å². The van der Waals surface area contributed by atoms with E-state index in [1.165, 1.54) is 12.1 Å². The van der Waals surface area contributed by atoms with Gasteiger partial charge in [0.2, 0.25) is 11.6 Å². The summed E-state index contributed by atoms with van der Waals surface area (Å²) in [4.78, 5) is 9.87. The highest BCUT2D eigenvalue weighted by Gasteiger charge is 2.22. The lowest BCUT2D eigenvalue weighted by Crippen LogP contribution is -2.26. The highest BCUT2D eigenvalue weighted by Crippen LogP contribution is 2.30. The number of likely N-dealkylation sites (N-methyl/N-ethyl adjacent to an activating group) is 1. The second kappa shape index (κ2) is 5.41. The first-order chi connectivity index (χ1) is 7.56. The van der Waals surface area contributed by atoms with Crippen molar-refractivity contribution in [2.75, 3.05) is 13.6 Å². The molecule has 1 aromatic carbocycles. The van der Waals surface area contributed by atoms with Crippen LogP contribution in [0.4, 0.5) is 10.1 Å². The lowest BCUT2D eigenvalue weighted by molar-refractivity contribution is -0.388. The maximum atomic E-state index is 13.2. The predicted molar refractivity (Wildman–Crippen MR) is 57.1 cm³/mol. The van der Waals surface area contributed by atoms with Gasteiger partial charge in [-0.25, -0.2) is 0 Å². The third-order valence-corrected chi connectivity index (χ3v) is 1.95. The lowest BCUT2D eigenvalue weighted by atomic mass is 10.3. The second-order valence-electron chi connectivity index (χ2n) is 3.33. The van der Waals surface area contributed by atoms with Gasteiger partial charge in [0, 0.05) is 6.54 Å². The van der Waals surface area contributed by atoms with Crippen LogP contribution in [0.5, 0.6) is 5.75 Å². The van der Waals surface area contributed by atoms with Gasteiger partial charge in [-0.15, -0.1) is 0 Å². The van der Waals surface area contributed by atoms with E-state index in [4.69, 9.17) is 4.74 Å². The average molecular weight is 228 g/mol. The molecule has 6 heteroatoms. The van der Waals surface area contributed by atoms with Crippen molar-refractivity contribution in [1.29, 1.82) is 0 Å². The fourth-order valence-electron chi connectivity index (χ4n) is 1.31. The van der Waals surface area contributed by atoms with Gasteiger partial charge in [0.1, 0.15) is 6.10 Å². The summed E-state index contributed by atoms with van der Waals surface area (Å²) >= 11 is 0. The van der Waals surface area contributed by atoms with Gasteiger partial charge in [0.25, 0.3) is 0 Å². The topological polar surface area (TPSA) is 64.4 Å². The Morgan fingerprint density at radius 2 is 2.31 bits per heavy atom. The fraction of sp³-hybridized carbons (Fsp3) is 0.400. The van der Waals surface area contributed by atoms with E-state index in [9.17, 15) is 14.5 Å². The molecule has 0 spiro atoms. The fourth-order valence-corrected chi connectivity index (χ4v) is 1.31. The Morgan fingerprint density at radius 3 is 2.88 bits per heavy atom. The van der Waals surface area contributed by atoms with Crippen LogP contribution in [0.2, 0.25) is 0 Å². The second-order valence-corrected chi connectivity index (χ2v) is 3.33. The minimum absolute atomic E-state index is 0.0484. The lowest BCUT2D eigenvalue weighted by Gasteiger charge is -2.13. The largest absolute Gasteiger partial charge is 0.482 e. The first-order valence-corrected chi connectivity index (χ1v) is 4.80. The zero-order chi connectivity index (χ0) is 12.1. The molecule has 0 aliphatic heterocycles. The molecule has 88 valence electrons. The maximum Gasteiger partial charge on any atom is 0.346 e. The van der Waals surface area contributed by atoms with Crippen LogP contribution in [0, 0.1) is 15.9 Å². The number of nitro groups is 1. The van der Waals surface area contributed by atoms with Crippen LogP contribution in [0.1, 0.15) is 6.92 Å². The van der Waals surface area contributed by atoms with Crippen LogP contribution in [-0.2, 0) is 0 Å². The van der Waals surface area contributed by atoms with Crippen molar-refractivity contribution in [3.63, 3.8) is 0 Å². The van der Waals surface area contributed by atoms with Gasteiger partial charge in [0.15, 0.2) is 0 Å². The van der Waals surface area contributed by atoms with Crippen LogP contribution in [-0.4, -0.2) is 24.6 Å². The number of rotatable bonds is 5. The molecular formula is C10H13FN2O3. The molecule has 0 fully saturated rings. The highest BCUT2D eigenvalue weighted by molar-refractivity contribution is 5.47. The van der Waals surface area contributed by atoms with Gasteiger partial charge in [-0.3, -0.25) is 10.1 Å². The summed E-state index contributed by atoms with van der Waals surface area (Å²) in [5, 5.41) is 13.5. The molecule has 0 aromatic heterocycles. The summed E-state index contributed by atoms with van der Waals surface area (Å²) in [7, 11) is 1.74. The Bertz CT molecular complexity index is 384. The van der Waals surface area contributed by atoms with Crippen molar-refractivity contribution in [2.24, 2.45) is 0 Å². The molecule has 0 saturated heterocycles. The summed E-state index contributed by atoms with van der Waals surface area (Å²) in [6, 6.07) is 3.80. The average Bonchev–Trinajstić information content (AvgIpc) is 2.17.